The van der Waals surface area contributed by atoms with Crippen molar-refractivity contribution in [3.63, 3.8) is 0 Å². The molecule has 4 rings (SSSR count). The third kappa shape index (κ3) is 6.65. The Bertz CT molecular complexity index is 1410. The first-order valence-electron chi connectivity index (χ1n) is 11.0. The van der Waals surface area contributed by atoms with Crippen molar-refractivity contribution in [3.8, 4) is 11.8 Å². The minimum atomic E-state index is -4.86. The maximum Gasteiger partial charge on any atom is 0.573 e. The van der Waals surface area contributed by atoms with E-state index in [1.807, 2.05) is 12.1 Å². The number of sulfonamides is 1. The number of benzene rings is 2. The van der Waals surface area contributed by atoms with Gasteiger partial charge < -0.3 is 4.74 Å². The Morgan fingerprint density at radius 3 is 2.46 bits per heavy atom. The van der Waals surface area contributed by atoms with Crippen LogP contribution in [0.4, 0.5) is 13.2 Å². The minimum absolute atomic E-state index is 0.0380. The Kier molecular flexibility index (Phi) is 7.77. The third-order valence-electron chi connectivity index (χ3n) is 5.48. The Hall–Kier alpha value is -3.92. The molecule has 0 saturated carbocycles. The van der Waals surface area contributed by atoms with Crippen molar-refractivity contribution >= 4 is 10.0 Å². The van der Waals surface area contributed by atoms with Crippen LogP contribution in [0.3, 0.4) is 0 Å². The first-order valence-corrected chi connectivity index (χ1v) is 12.5. The van der Waals surface area contributed by atoms with E-state index in [1.165, 1.54) is 4.31 Å². The monoisotopic (exact) mass is 530 g/mol. The number of rotatable bonds is 8. The van der Waals surface area contributed by atoms with E-state index >= 15 is 0 Å². The summed E-state index contributed by atoms with van der Waals surface area (Å²) in [5.41, 5.74) is 5.53. The molecule has 3 aromatic rings. The molecule has 1 aliphatic rings. The molecule has 8 nitrogen and oxygen atoms in total. The lowest BCUT2D eigenvalue weighted by atomic mass is 10.0. The highest BCUT2D eigenvalue weighted by molar-refractivity contribution is 7.89. The zero-order valence-corrected chi connectivity index (χ0v) is 20.0. The molecule has 1 atom stereocenters. The van der Waals surface area contributed by atoms with Crippen molar-refractivity contribution in [1.29, 1.82) is 5.26 Å². The van der Waals surface area contributed by atoms with Gasteiger partial charge in [-0.1, -0.05) is 18.2 Å². The van der Waals surface area contributed by atoms with Crippen molar-refractivity contribution in [3.05, 3.63) is 102 Å². The van der Waals surface area contributed by atoms with Crippen LogP contribution in [0.5, 0.6) is 5.75 Å². The summed E-state index contributed by atoms with van der Waals surface area (Å²) in [4.78, 5) is 9.96. The molecule has 0 aliphatic carbocycles. The molecule has 1 N–H and O–H groups in total. The molecule has 1 aliphatic heterocycles. The number of hydrogen-bond acceptors (Lipinski definition) is 7. The van der Waals surface area contributed by atoms with Crippen LogP contribution in [-0.2, 0) is 14.9 Å². The molecule has 2 aromatic carbocycles. The second-order valence-corrected chi connectivity index (χ2v) is 9.92. The van der Waals surface area contributed by atoms with Crippen LogP contribution in [0.2, 0.25) is 0 Å². The zero-order valence-electron chi connectivity index (χ0n) is 19.2. The Labute approximate surface area is 211 Å². The van der Waals surface area contributed by atoms with Gasteiger partial charge in [-0.15, -0.1) is 13.2 Å². The zero-order chi connectivity index (χ0) is 26.5. The van der Waals surface area contributed by atoms with E-state index in [0.29, 0.717) is 17.7 Å². The predicted molar refractivity (Wildman–Crippen MR) is 126 cm³/mol. The smallest absolute Gasteiger partial charge is 0.406 e. The van der Waals surface area contributed by atoms with Crippen molar-refractivity contribution in [2.45, 2.75) is 23.8 Å². The molecule has 37 heavy (non-hydrogen) atoms. The molecule has 12 heteroatoms. The second kappa shape index (κ2) is 11.0. The van der Waals surface area contributed by atoms with Gasteiger partial charge in [0.1, 0.15) is 11.9 Å². The first kappa shape index (κ1) is 26.2. The van der Waals surface area contributed by atoms with E-state index < -0.39 is 28.2 Å². The summed E-state index contributed by atoms with van der Waals surface area (Å²) in [6, 6.07) is 16.8. The molecule has 0 spiro atoms. The van der Waals surface area contributed by atoms with Crippen molar-refractivity contribution in [2.75, 3.05) is 13.1 Å². The lowest BCUT2D eigenvalue weighted by Gasteiger charge is -2.27. The van der Waals surface area contributed by atoms with Crippen LogP contribution in [0.25, 0.3) is 0 Å². The molecule has 0 fully saturated rings. The molecule has 0 amide bonds. The summed E-state index contributed by atoms with van der Waals surface area (Å²) >= 11 is 0. The van der Waals surface area contributed by atoms with E-state index in [2.05, 4.69) is 21.3 Å². The fraction of sp³-hybridized carbons (Fsp3) is 0.200. The molecule has 0 bridgehead atoms. The van der Waals surface area contributed by atoms with Gasteiger partial charge in [0.05, 0.1) is 16.5 Å². The molecule has 2 heterocycles. The van der Waals surface area contributed by atoms with Gasteiger partial charge in [-0.25, -0.2) is 8.42 Å². The lowest BCUT2D eigenvalue weighted by Crippen LogP contribution is -2.37. The summed E-state index contributed by atoms with van der Waals surface area (Å²) in [7, 11) is -3.93. The quantitative estimate of drug-likeness (QED) is 0.430. The number of nitriles is 1. The molecule has 192 valence electrons. The lowest BCUT2D eigenvalue weighted by molar-refractivity contribution is -0.274. The number of hydrogen-bond donors (Lipinski definition) is 1. The van der Waals surface area contributed by atoms with Gasteiger partial charge in [-0.3, -0.25) is 15.3 Å². The second-order valence-electron chi connectivity index (χ2n) is 7.99. The Morgan fingerprint density at radius 2 is 1.84 bits per heavy atom. The average molecular weight is 531 g/mol. The van der Waals surface area contributed by atoms with Crippen LogP contribution in [0.15, 0.2) is 89.7 Å². The van der Waals surface area contributed by atoms with E-state index in [4.69, 9.17) is 4.84 Å². The summed E-state index contributed by atoms with van der Waals surface area (Å²) in [6.07, 6.45) is -0.185. The number of nitrogens with zero attached hydrogens (tertiary/aromatic N) is 3. The van der Waals surface area contributed by atoms with Crippen LogP contribution in [0.1, 0.15) is 29.2 Å². The molecule has 1 unspecified atom stereocenters. The first-order chi connectivity index (χ1) is 17.7. The third-order valence-corrected chi connectivity index (χ3v) is 7.36. The van der Waals surface area contributed by atoms with Gasteiger partial charge in [0.15, 0.2) is 0 Å². The number of nitrogens with one attached hydrogen (secondary N) is 1. The molecular weight excluding hydrogens is 509 g/mol. The predicted octanol–water partition coefficient (Wildman–Crippen LogP) is 4.44. The number of halogens is 3. The molecule has 0 radical (unpaired) electrons. The number of pyridine rings is 1. The van der Waals surface area contributed by atoms with Gasteiger partial charge in [0, 0.05) is 43.2 Å². The van der Waals surface area contributed by atoms with E-state index in [-0.39, 0.29) is 18.0 Å². The molecule has 0 saturated heterocycles. The van der Waals surface area contributed by atoms with Crippen LogP contribution < -0.4 is 10.2 Å². The number of ether oxygens (including phenoxy) is 1. The van der Waals surface area contributed by atoms with Gasteiger partial charge in [0.2, 0.25) is 10.0 Å². The highest BCUT2D eigenvalue weighted by atomic mass is 32.2. The van der Waals surface area contributed by atoms with Gasteiger partial charge in [-0.2, -0.15) is 9.57 Å². The van der Waals surface area contributed by atoms with Crippen molar-refractivity contribution < 1.29 is 31.2 Å². The van der Waals surface area contributed by atoms with Crippen molar-refractivity contribution in [1.82, 2.24) is 14.8 Å². The summed E-state index contributed by atoms with van der Waals surface area (Å²) < 4.78 is 67.9. The highest BCUT2D eigenvalue weighted by Crippen LogP contribution is 2.28. The normalized spacial score (nSPS) is 15.4. The standard InChI is InChI=1S/C25H21F3N4O4S/c26-25(27,28)35-22-6-8-23(9-7-22)37(33,34)32-13-10-21(11-14-32)31-36-24(20-5-2-12-30-17-20)19-4-1-3-18(15-19)16-29/h1-10,12,15,17,24,31H,11,13-14H2. The Morgan fingerprint density at radius 1 is 1.08 bits per heavy atom. The topological polar surface area (TPSA) is 105 Å². The minimum Gasteiger partial charge on any atom is -0.406 e. The fourth-order valence-electron chi connectivity index (χ4n) is 3.69. The summed E-state index contributed by atoms with van der Waals surface area (Å²) in [5, 5.41) is 9.25. The van der Waals surface area contributed by atoms with Crippen LogP contribution in [-0.4, -0.2) is 37.2 Å². The highest BCUT2D eigenvalue weighted by Gasteiger charge is 2.32. The number of aromatic nitrogens is 1. The number of alkyl halides is 3. The van der Waals surface area contributed by atoms with Crippen LogP contribution >= 0.6 is 0 Å². The Balaban J connectivity index is 1.43. The summed E-state index contributed by atoms with van der Waals surface area (Å²) in [6.45, 7) is 0.170. The largest absolute Gasteiger partial charge is 0.573 e. The van der Waals surface area contributed by atoms with Gasteiger partial charge in [0.25, 0.3) is 0 Å². The maximum absolute atomic E-state index is 12.9. The molecule has 1 aromatic heterocycles. The van der Waals surface area contributed by atoms with Gasteiger partial charge in [-0.05, 0) is 54.1 Å². The molecular formula is C25H21F3N4O4S. The summed E-state index contributed by atoms with van der Waals surface area (Å²) in [5.74, 6) is -0.503. The van der Waals surface area contributed by atoms with Crippen LogP contribution in [0, 0.1) is 11.3 Å². The van der Waals surface area contributed by atoms with Gasteiger partial charge >= 0.3 is 6.36 Å². The maximum atomic E-state index is 12.9. The SMILES string of the molecule is N#Cc1cccc(C(ONC2=CCN(S(=O)(=O)c3ccc(OC(F)(F)F)cc3)CC2)c2cccnc2)c1. The van der Waals surface area contributed by atoms with E-state index in [9.17, 15) is 26.9 Å². The fourth-order valence-corrected chi connectivity index (χ4v) is 5.07. The average Bonchev–Trinajstić information content (AvgIpc) is 2.89. The van der Waals surface area contributed by atoms with Crippen molar-refractivity contribution in [2.24, 2.45) is 0 Å². The van der Waals surface area contributed by atoms with E-state index in [0.717, 1.165) is 35.4 Å². The number of hydroxylamine groups is 1. The van der Waals surface area contributed by atoms with E-state index in [1.54, 1.807) is 42.7 Å².